The van der Waals surface area contributed by atoms with E-state index in [-0.39, 0.29) is 0 Å². The van der Waals surface area contributed by atoms with Crippen LogP contribution in [-0.2, 0) is 0 Å². The highest BCUT2D eigenvalue weighted by atomic mass is 15.0. The fraction of sp³-hybridized carbons (Fsp3) is 0. The average molecular weight is 1190 g/mol. The third-order valence-corrected chi connectivity index (χ3v) is 18.1. The number of fused-ring (bicyclic) bond motifs is 9. The van der Waals surface area contributed by atoms with Gasteiger partial charge in [0, 0.05) is 88.2 Å². The number of rotatable bonds is 11. The molecule has 18 aromatic rings. The van der Waals surface area contributed by atoms with E-state index < -0.39 is 0 Å². The lowest BCUT2D eigenvalue weighted by Gasteiger charge is -2.22. The third kappa shape index (κ3) is 9.18. The van der Waals surface area contributed by atoms with Crippen LogP contribution >= 0.6 is 0 Å². The minimum atomic E-state index is 0.588. The number of nitrogens with zero attached hydrogens (tertiary/aromatic N) is 8. The number of benzene rings is 13. The number of hydrogen-bond donors (Lipinski definition) is 0. The summed E-state index contributed by atoms with van der Waals surface area (Å²) >= 11 is 0. The molecule has 18 rings (SSSR count). The molecule has 93 heavy (non-hydrogen) atoms. The molecule has 0 aliphatic carbocycles. The van der Waals surface area contributed by atoms with Crippen molar-refractivity contribution in [1.82, 2.24) is 38.6 Å². The van der Waals surface area contributed by atoms with Crippen LogP contribution in [0.3, 0.4) is 0 Å². The predicted octanol–water partition coefficient (Wildman–Crippen LogP) is 21.3. The van der Waals surface area contributed by atoms with E-state index in [4.69, 9.17) is 24.9 Å². The van der Waals surface area contributed by atoms with Gasteiger partial charge in [0.25, 0.3) is 0 Å². The van der Waals surface area contributed by atoms with Gasteiger partial charge in [-0.2, -0.15) is 0 Å². The highest BCUT2D eigenvalue weighted by molar-refractivity contribution is 6.13. The Balaban J connectivity index is 0.949. The SMILES string of the molecule is c1ccc(-c2cc(-c3cc(-c4cccc(-n5c6ccccc6c6ccccc65)c4)c(-n4c5ccccc5c5cc(-c6nc(-c7ccccc7)nc(-c7ccccc7)n6)ccc54)c(-c4cccc(-n5c6ccccc6c6ccccc65)c4)c3)nc(-c3ccccc3)n2)cc1. The number of aromatic nitrogens is 8. The predicted molar refractivity (Wildman–Crippen MR) is 382 cm³/mol. The lowest BCUT2D eigenvalue weighted by atomic mass is 9.91. The molecule has 0 amide bonds. The molecule has 0 saturated heterocycles. The maximum absolute atomic E-state index is 5.56. The zero-order valence-electron chi connectivity index (χ0n) is 50.3. The van der Waals surface area contributed by atoms with Crippen molar-refractivity contribution in [3.8, 4) is 107 Å². The summed E-state index contributed by atoms with van der Waals surface area (Å²) in [7, 11) is 0. The lowest BCUT2D eigenvalue weighted by Crippen LogP contribution is -2.04. The molecular weight excluding hydrogens is 1130 g/mol. The Hall–Kier alpha value is -12.7. The summed E-state index contributed by atoms with van der Waals surface area (Å²) in [6.07, 6.45) is 0. The van der Waals surface area contributed by atoms with Crippen LogP contribution in [0.15, 0.2) is 328 Å². The molecule has 5 aromatic heterocycles. The molecule has 0 aliphatic heterocycles. The Morgan fingerprint density at radius 3 is 0.935 bits per heavy atom. The second kappa shape index (κ2) is 22.1. The number of hydrogen-bond acceptors (Lipinski definition) is 5. The number of para-hydroxylation sites is 5. The second-order valence-corrected chi connectivity index (χ2v) is 23.6. The minimum Gasteiger partial charge on any atom is -0.309 e. The van der Waals surface area contributed by atoms with E-state index in [9.17, 15) is 0 Å². The monoisotopic (exact) mass is 1190 g/mol. The van der Waals surface area contributed by atoms with Gasteiger partial charge >= 0.3 is 0 Å². The molecule has 8 nitrogen and oxygen atoms in total. The van der Waals surface area contributed by atoms with Gasteiger partial charge in [-0.25, -0.2) is 24.9 Å². The van der Waals surface area contributed by atoms with E-state index in [1.807, 2.05) is 48.5 Å². The van der Waals surface area contributed by atoms with Crippen LogP contribution in [0.1, 0.15) is 0 Å². The largest absolute Gasteiger partial charge is 0.309 e. The van der Waals surface area contributed by atoms with Gasteiger partial charge < -0.3 is 13.7 Å². The maximum atomic E-state index is 5.56. The van der Waals surface area contributed by atoms with Gasteiger partial charge in [0.1, 0.15) is 0 Å². The van der Waals surface area contributed by atoms with Crippen molar-refractivity contribution < 1.29 is 0 Å². The summed E-state index contributed by atoms with van der Waals surface area (Å²) in [6.45, 7) is 0. The third-order valence-electron chi connectivity index (χ3n) is 18.1. The fourth-order valence-corrected chi connectivity index (χ4v) is 13.8. The lowest BCUT2D eigenvalue weighted by molar-refractivity contribution is 1.07. The van der Waals surface area contributed by atoms with Crippen molar-refractivity contribution in [2.45, 2.75) is 0 Å². The molecule has 0 fully saturated rings. The maximum Gasteiger partial charge on any atom is 0.164 e. The van der Waals surface area contributed by atoms with Crippen molar-refractivity contribution in [1.29, 1.82) is 0 Å². The first-order valence-electron chi connectivity index (χ1n) is 31.4. The molecule has 0 atom stereocenters. The first-order chi connectivity index (χ1) is 46.1. The van der Waals surface area contributed by atoms with Crippen LogP contribution in [0.5, 0.6) is 0 Å². The second-order valence-electron chi connectivity index (χ2n) is 23.6. The molecule has 0 bridgehead atoms. The van der Waals surface area contributed by atoms with E-state index >= 15 is 0 Å². The normalized spacial score (nSPS) is 11.7. The molecule has 13 aromatic carbocycles. The van der Waals surface area contributed by atoms with Crippen molar-refractivity contribution in [3.63, 3.8) is 0 Å². The molecular formula is C85H54N8. The molecule has 8 heteroatoms. The van der Waals surface area contributed by atoms with Crippen molar-refractivity contribution >= 4 is 65.4 Å². The highest BCUT2D eigenvalue weighted by Gasteiger charge is 2.26. The summed E-state index contributed by atoms with van der Waals surface area (Å²) in [5.41, 5.74) is 21.0. The van der Waals surface area contributed by atoms with E-state index in [0.29, 0.717) is 23.3 Å². The van der Waals surface area contributed by atoms with Crippen molar-refractivity contribution in [3.05, 3.63) is 328 Å². The van der Waals surface area contributed by atoms with Crippen molar-refractivity contribution in [2.75, 3.05) is 0 Å². The molecule has 0 radical (unpaired) electrons. The van der Waals surface area contributed by atoms with E-state index in [2.05, 4.69) is 293 Å². The summed E-state index contributed by atoms with van der Waals surface area (Å²) in [5, 5.41) is 6.95. The average Bonchev–Trinajstić information content (AvgIpc) is 1.66. The van der Waals surface area contributed by atoms with Crippen LogP contribution in [0, 0.1) is 0 Å². The Labute approximate surface area is 536 Å². The summed E-state index contributed by atoms with van der Waals surface area (Å²) in [6, 6.07) is 117. The molecule has 0 N–H and O–H groups in total. The van der Waals surface area contributed by atoms with Gasteiger partial charge in [-0.1, -0.05) is 237 Å². The molecule has 0 unspecified atom stereocenters. The Morgan fingerprint density at radius 1 is 0.183 bits per heavy atom. The van der Waals surface area contributed by atoms with Crippen LogP contribution in [0.2, 0.25) is 0 Å². The Morgan fingerprint density at radius 2 is 0.505 bits per heavy atom. The van der Waals surface area contributed by atoms with Crippen LogP contribution in [-0.4, -0.2) is 38.6 Å². The summed E-state index contributed by atoms with van der Waals surface area (Å²) in [5.74, 6) is 2.45. The fourth-order valence-electron chi connectivity index (χ4n) is 13.8. The van der Waals surface area contributed by atoms with E-state index in [1.165, 1.54) is 21.5 Å². The molecule has 0 aliphatic rings. The minimum absolute atomic E-state index is 0.588. The van der Waals surface area contributed by atoms with Crippen molar-refractivity contribution in [2.24, 2.45) is 0 Å². The Bertz CT molecular complexity index is 5530. The quantitative estimate of drug-likeness (QED) is 0.129. The zero-order valence-corrected chi connectivity index (χ0v) is 50.3. The standard InChI is InChI=1S/C85H54N8/c1-5-25-55(26-6-1)73-54-74(87-82(86-73)56-27-7-2-8-28-56)62-52-70(59-33-23-35-63(49-59)91-75-42-18-13-37-65(75)66-38-14-19-43-76(66)91)81(71(53-62)60-34-24-36-64(50-60)92-77-44-20-15-39-67(77)68-40-16-21-45-78(68)92)93-79-46-22-17-41-69(79)72-51-61(47-48-80(72)93)85-89-83(57-29-9-3-10-30-57)88-84(90-85)58-31-11-4-12-32-58/h1-54H. The topological polar surface area (TPSA) is 79.2 Å². The first-order valence-corrected chi connectivity index (χ1v) is 31.4. The van der Waals surface area contributed by atoms with E-state index in [0.717, 1.165) is 128 Å². The molecule has 0 saturated carbocycles. The molecule has 434 valence electrons. The summed E-state index contributed by atoms with van der Waals surface area (Å²) in [4.78, 5) is 26.4. The summed E-state index contributed by atoms with van der Waals surface area (Å²) < 4.78 is 7.31. The van der Waals surface area contributed by atoms with E-state index in [1.54, 1.807) is 0 Å². The highest BCUT2D eigenvalue weighted by Crippen LogP contribution is 2.47. The smallest absolute Gasteiger partial charge is 0.164 e. The van der Waals surface area contributed by atoms with Gasteiger partial charge in [-0.15, -0.1) is 0 Å². The van der Waals surface area contributed by atoms with Crippen LogP contribution < -0.4 is 0 Å². The molecule has 5 heterocycles. The first kappa shape index (κ1) is 53.4. The Kier molecular flexibility index (Phi) is 12.7. The van der Waals surface area contributed by atoms with Gasteiger partial charge in [-0.3, -0.25) is 0 Å². The van der Waals surface area contributed by atoms with Gasteiger partial charge in [0.15, 0.2) is 23.3 Å². The van der Waals surface area contributed by atoms with Crippen LogP contribution in [0.4, 0.5) is 0 Å². The van der Waals surface area contributed by atoms with Gasteiger partial charge in [0.05, 0.1) is 50.2 Å². The molecule has 0 spiro atoms. The van der Waals surface area contributed by atoms with Gasteiger partial charge in [0.2, 0.25) is 0 Å². The zero-order chi connectivity index (χ0) is 61.3. The van der Waals surface area contributed by atoms with Crippen LogP contribution in [0.25, 0.3) is 173 Å². The van der Waals surface area contributed by atoms with Gasteiger partial charge in [-0.05, 0) is 102 Å².